The highest BCUT2D eigenvalue weighted by atomic mass is 32.2. The first-order valence-electron chi connectivity index (χ1n) is 11.0. The van der Waals surface area contributed by atoms with E-state index in [2.05, 4.69) is 0 Å². The number of hydrogen-bond acceptors (Lipinski definition) is 4. The molecule has 182 valence electrons. The smallest absolute Gasteiger partial charge is 0.416 e. The number of carbonyl (C=O) groups is 1. The Morgan fingerprint density at radius 2 is 1.88 bits per heavy atom. The van der Waals surface area contributed by atoms with Crippen LogP contribution in [-0.2, 0) is 21.0 Å². The van der Waals surface area contributed by atoms with Gasteiger partial charge < -0.3 is 9.84 Å². The third-order valence-electron chi connectivity index (χ3n) is 5.96. The highest BCUT2D eigenvalue weighted by Gasteiger charge is 2.37. The van der Waals surface area contributed by atoms with Gasteiger partial charge in [-0.15, -0.1) is 0 Å². The van der Waals surface area contributed by atoms with E-state index < -0.39 is 38.7 Å². The van der Waals surface area contributed by atoms with E-state index in [-0.39, 0.29) is 30.8 Å². The van der Waals surface area contributed by atoms with E-state index in [0.717, 1.165) is 53.8 Å². The number of hydrogen-bond donors (Lipinski definition) is 1. The molecule has 0 aromatic heterocycles. The molecule has 0 bridgehead atoms. The van der Waals surface area contributed by atoms with Crippen molar-refractivity contribution in [3.8, 4) is 5.75 Å². The number of carboxylic acid groups (broad SMARTS) is 1. The second-order valence-corrected chi connectivity index (χ2v) is 10.3. The molecule has 0 saturated heterocycles. The number of carboxylic acids is 1. The van der Waals surface area contributed by atoms with Crippen molar-refractivity contribution in [2.45, 2.75) is 55.7 Å². The molecule has 34 heavy (non-hydrogen) atoms. The Balaban J connectivity index is 1.76. The lowest BCUT2D eigenvalue weighted by molar-refractivity contribution is -0.138. The van der Waals surface area contributed by atoms with Crippen molar-refractivity contribution in [2.75, 3.05) is 10.8 Å². The fourth-order valence-corrected chi connectivity index (χ4v) is 5.80. The largest absolute Gasteiger partial charge is 0.486 e. The lowest BCUT2D eigenvalue weighted by Crippen LogP contribution is -2.43. The molecule has 4 rings (SSSR count). The van der Waals surface area contributed by atoms with Crippen molar-refractivity contribution in [3.63, 3.8) is 0 Å². The van der Waals surface area contributed by atoms with Crippen molar-refractivity contribution in [1.82, 2.24) is 0 Å². The number of aliphatic carboxylic acids is 1. The summed E-state index contributed by atoms with van der Waals surface area (Å²) in [6, 6.07) is 8.67. The Morgan fingerprint density at radius 3 is 2.56 bits per heavy atom. The Kier molecular flexibility index (Phi) is 6.62. The monoisotopic (exact) mass is 495 g/mol. The van der Waals surface area contributed by atoms with Crippen LogP contribution in [0.25, 0.3) is 6.08 Å². The van der Waals surface area contributed by atoms with E-state index in [0.29, 0.717) is 6.07 Å². The zero-order chi connectivity index (χ0) is 24.5. The number of ether oxygens (including phenoxy) is 1. The summed E-state index contributed by atoms with van der Waals surface area (Å²) in [6.45, 7) is -0.209. The van der Waals surface area contributed by atoms with Gasteiger partial charge in [-0.3, -0.25) is 9.10 Å². The summed E-state index contributed by atoms with van der Waals surface area (Å²) < 4.78 is 73.7. The molecular formula is C24H24F3NO5S. The number of fused-ring (bicyclic) bond motifs is 1. The fourth-order valence-electron chi connectivity index (χ4n) is 4.25. The molecule has 1 aliphatic carbocycles. The molecule has 2 aromatic rings. The molecular weight excluding hydrogens is 471 g/mol. The van der Waals surface area contributed by atoms with E-state index in [1.807, 2.05) is 6.08 Å². The number of halogens is 3. The number of allylic oxidation sites excluding steroid dienone is 1. The summed E-state index contributed by atoms with van der Waals surface area (Å²) in [5.74, 6) is -0.814. The van der Waals surface area contributed by atoms with Gasteiger partial charge in [-0.25, -0.2) is 8.42 Å². The zero-order valence-electron chi connectivity index (χ0n) is 18.2. The molecule has 0 unspecified atom stereocenters. The van der Waals surface area contributed by atoms with Crippen molar-refractivity contribution >= 4 is 27.8 Å². The first-order valence-corrected chi connectivity index (χ1v) is 12.4. The van der Waals surface area contributed by atoms with E-state index in [4.69, 9.17) is 9.84 Å². The quantitative estimate of drug-likeness (QED) is 0.574. The molecule has 0 radical (unpaired) electrons. The van der Waals surface area contributed by atoms with Gasteiger partial charge in [0.15, 0.2) is 0 Å². The average molecular weight is 496 g/mol. The number of benzene rings is 2. The van der Waals surface area contributed by atoms with E-state index >= 15 is 0 Å². The van der Waals surface area contributed by atoms with E-state index in [1.165, 1.54) is 5.57 Å². The highest BCUT2D eigenvalue weighted by molar-refractivity contribution is 7.92. The van der Waals surface area contributed by atoms with Crippen LogP contribution >= 0.6 is 0 Å². The van der Waals surface area contributed by atoms with Crippen LogP contribution in [0.4, 0.5) is 18.9 Å². The Labute approximate surface area is 195 Å². The molecule has 1 N–H and O–H groups in total. The number of rotatable bonds is 6. The van der Waals surface area contributed by atoms with Crippen LogP contribution in [0.15, 0.2) is 52.9 Å². The summed E-state index contributed by atoms with van der Waals surface area (Å²) in [6.07, 6.45) is 0.494. The van der Waals surface area contributed by atoms with Gasteiger partial charge in [0.2, 0.25) is 0 Å². The lowest BCUT2D eigenvalue weighted by Gasteiger charge is -2.35. The van der Waals surface area contributed by atoms with Gasteiger partial charge >= 0.3 is 12.1 Å². The first-order chi connectivity index (χ1) is 16.0. The summed E-state index contributed by atoms with van der Waals surface area (Å²) in [5, 5.41) is 9.02. The Bertz CT molecular complexity index is 1220. The number of alkyl halides is 3. The molecule has 6 nitrogen and oxygen atoms in total. The van der Waals surface area contributed by atoms with Crippen molar-refractivity contribution in [2.24, 2.45) is 0 Å². The molecule has 2 aliphatic rings. The standard InChI is InChI=1S/C24H24F3NO5S/c25-24(26,27)18-6-3-7-20(14-18)34(31,32)28-15-19(9-11-23(29)30)33-22-10-8-17(13-21(22)28)12-16-4-1-2-5-16/h3,6-8,10,12-14,19H,1-2,4-5,9,11,15H2,(H,29,30)/t19-/m0/s1. The molecule has 2 aromatic carbocycles. The third kappa shape index (κ3) is 5.22. The van der Waals surface area contributed by atoms with Gasteiger partial charge in [0, 0.05) is 6.42 Å². The van der Waals surface area contributed by atoms with Gasteiger partial charge in [-0.05, 0) is 68.0 Å². The second kappa shape index (κ2) is 9.32. The fraction of sp³-hybridized carbons (Fsp3) is 0.375. The van der Waals surface area contributed by atoms with Gasteiger partial charge in [-0.1, -0.05) is 23.8 Å². The van der Waals surface area contributed by atoms with Crippen molar-refractivity contribution < 1.29 is 36.2 Å². The van der Waals surface area contributed by atoms with Crippen molar-refractivity contribution in [1.29, 1.82) is 0 Å². The minimum absolute atomic E-state index is 0.0508. The van der Waals surface area contributed by atoms with Crippen LogP contribution in [-0.4, -0.2) is 32.1 Å². The Morgan fingerprint density at radius 1 is 1.15 bits per heavy atom. The minimum atomic E-state index is -4.70. The molecule has 0 spiro atoms. The normalized spacial score (nSPS) is 18.4. The first kappa shape index (κ1) is 24.1. The van der Waals surface area contributed by atoms with Gasteiger partial charge in [0.25, 0.3) is 10.0 Å². The number of nitrogens with zero attached hydrogens (tertiary/aromatic N) is 1. The summed E-state index contributed by atoms with van der Waals surface area (Å²) >= 11 is 0. The van der Waals surface area contributed by atoms with E-state index in [1.54, 1.807) is 18.2 Å². The predicted octanol–water partition coefficient (Wildman–Crippen LogP) is 5.48. The highest BCUT2D eigenvalue weighted by Crippen LogP contribution is 2.40. The average Bonchev–Trinajstić information content (AvgIpc) is 3.29. The number of sulfonamides is 1. The maximum atomic E-state index is 13.5. The molecule has 1 heterocycles. The zero-order valence-corrected chi connectivity index (χ0v) is 19.0. The van der Waals surface area contributed by atoms with Crippen LogP contribution in [0, 0.1) is 0 Å². The number of anilines is 1. The lowest BCUT2D eigenvalue weighted by atomic mass is 10.1. The van der Waals surface area contributed by atoms with E-state index in [9.17, 15) is 26.4 Å². The maximum Gasteiger partial charge on any atom is 0.416 e. The molecule has 10 heteroatoms. The van der Waals surface area contributed by atoms with Gasteiger partial charge in [0.05, 0.1) is 22.7 Å². The summed E-state index contributed by atoms with van der Waals surface area (Å²) in [7, 11) is -4.39. The van der Waals surface area contributed by atoms with Gasteiger partial charge in [-0.2, -0.15) is 13.2 Å². The molecule has 1 atom stereocenters. The summed E-state index contributed by atoms with van der Waals surface area (Å²) in [4.78, 5) is 10.5. The Hall–Kier alpha value is -3.01. The second-order valence-electron chi connectivity index (χ2n) is 8.47. The predicted molar refractivity (Wildman–Crippen MR) is 120 cm³/mol. The molecule has 0 amide bonds. The van der Waals surface area contributed by atoms with Crippen LogP contribution in [0.5, 0.6) is 5.75 Å². The SMILES string of the molecule is O=C(O)CC[C@H]1CN(S(=O)(=O)c2cccc(C(F)(F)F)c2)c2cc(C=C3CCCC3)ccc2O1. The van der Waals surface area contributed by atoms with Crippen LogP contribution in [0.1, 0.15) is 49.7 Å². The minimum Gasteiger partial charge on any atom is -0.486 e. The topological polar surface area (TPSA) is 83.9 Å². The van der Waals surface area contributed by atoms with Crippen molar-refractivity contribution in [3.05, 3.63) is 59.2 Å². The maximum absolute atomic E-state index is 13.5. The van der Waals surface area contributed by atoms with Crippen LogP contribution < -0.4 is 9.04 Å². The summed E-state index contributed by atoms with van der Waals surface area (Å²) in [5.41, 5.74) is 1.18. The molecule has 1 fully saturated rings. The molecule has 1 saturated carbocycles. The van der Waals surface area contributed by atoms with Crippen LogP contribution in [0.3, 0.4) is 0 Å². The van der Waals surface area contributed by atoms with Crippen LogP contribution in [0.2, 0.25) is 0 Å². The van der Waals surface area contributed by atoms with Gasteiger partial charge in [0.1, 0.15) is 11.9 Å². The molecule has 1 aliphatic heterocycles. The third-order valence-corrected chi connectivity index (χ3v) is 7.74.